The van der Waals surface area contributed by atoms with Crippen molar-refractivity contribution in [1.82, 2.24) is 30.4 Å². The van der Waals surface area contributed by atoms with Gasteiger partial charge < -0.3 is 15.2 Å². The van der Waals surface area contributed by atoms with Gasteiger partial charge in [0.1, 0.15) is 17.4 Å². The van der Waals surface area contributed by atoms with E-state index in [1.54, 1.807) is 11.3 Å². The third-order valence-electron chi connectivity index (χ3n) is 3.86. The molecule has 25 heavy (non-hydrogen) atoms. The highest BCUT2D eigenvalue weighted by atomic mass is 32.2. The molecule has 2 aromatic rings. The lowest BCUT2D eigenvalue weighted by molar-refractivity contribution is 0.744. The van der Waals surface area contributed by atoms with Crippen LogP contribution in [-0.2, 0) is 20.1 Å². The highest BCUT2D eigenvalue weighted by molar-refractivity contribution is 7.98. The first-order valence-corrected chi connectivity index (χ1v) is 10.5. The van der Waals surface area contributed by atoms with Crippen LogP contribution in [0, 0.1) is 20.8 Å². The normalized spacial score (nSPS) is 11.8. The summed E-state index contributed by atoms with van der Waals surface area (Å²) in [5.41, 5.74) is 1.10. The number of nitrogens with one attached hydrogen (secondary N) is 2. The number of guanidine groups is 1. The number of hydrogen-bond acceptors (Lipinski definition) is 6. The Bertz CT molecular complexity index is 686. The SMILES string of the molecule is CSCCCNC(=NCc1nnc(C)n1C)NCc1nc(C)c(C)s1. The van der Waals surface area contributed by atoms with Gasteiger partial charge in [-0.15, -0.1) is 21.5 Å². The minimum Gasteiger partial charge on any atom is -0.356 e. The first-order valence-electron chi connectivity index (χ1n) is 8.30. The molecule has 2 heterocycles. The second-order valence-electron chi connectivity index (χ2n) is 5.76. The van der Waals surface area contributed by atoms with Gasteiger partial charge in [-0.05, 0) is 39.2 Å². The summed E-state index contributed by atoms with van der Waals surface area (Å²) in [4.78, 5) is 10.5. The van der Waals surface area contributed by atoms with Crippen molar-refractivity contribution in [2.24, 2.45) is 12.0 Å². The van der Waals surface area contributed by atoms with Crippen LogP contribution in [-0.4, -0.2) is 44.3 Å². The fourth-order valence-corrected chi connectivity index (χ4v) is 3.42. The van der Waals surface area contributed by atoms with Gasteiger partial charge in [-0.1, -0.05) is 0 Å². The molecule has 2 aromatic heterocycles. The van der Waals surface area contributed by atoms with Crippen LogP contribution in [0.5, 0.6) is 0 Å². The van der Waals surface area contributed by atoms with E-state index in [0.29, 0.717) is 13.1 Å². The molecule has 0 saturated heterocycles. The van der Waals surface area contributed by atoms with Crippen molar-refractivity contribution >= 4 is 29.1 Å². The largest absolute Gasteiger partial charge is 0.356 e. The molecule has 0 fully saturated rings. The molecule has 0 aliphatic carbocycles. The molecule has 2 rings (SSSR count). The van der Waals surface area contributed by atoms with Crippen molar-refractivity contribution in [2.75, 3.05) is 18.6 Å². The molecule has 0 aliphatic rings. The maximum atomic E-state index is 4.65. The molecule has 0 bridgehead atoms. The molecular formula is C16H27N7S2. The summed E-state index contributed by atoms with van der Waals surface area (Å²) in [5.74, 6) is 3.66. The molecule has 0 aromatic carbocycles. The Morgan fingerprint density at radius 1 is 1.24 bits per heavy atom. The van der Waals surface area contributed by atoms with Crippen molar-refractivity contribution in [3.63, 3.8) is 0 Å². The summed E-state index contributed by atoms with van der Waals surface area (Å²) in [6.45, 7) is 8.13. The number of aryl methyl sites for hydroxylation is 3. The summed E-state index contributed by atoms with van der Waals surface area (Å²) in [7, 11) is 1.96. The Labute approximate surface area is 157 Å². The van der Waals surface area contributed by atoms with Crippen LogP contribution in [0.3, 0.4) is 0 Å². The van der Waals surface area contributed by atoms with E-state index in [1.807, 2.05) is 37.2 Å². The van der Waals surface area contributed by atoms with Gasteiger partial charge in [0.25, 0.3) is 0 Å². The van der Waals surface area contributed by atoms with Gasteiger partial charge in [0.05, 0.1) is 12.2 Å². The monoisotopic (exact) mass is 381 g/mol. The zero-order valence-electron chi connectivity index (χ0n) is 15.6. The van der Waals surface area contributed by atoms with Crippen molar-refractivity contribution in [2.45, 2.75) is 40.3 Å². The van der Waals surface area contributed by atoms with E-state index in [-0.39, 0.29) is 0 Å². The molecule has 0 radical (unpaired) electrons. The average Bonchev–Trinajstić information content (AvgIpc) is 3.08. The van der Waals surface area contributed by atoms with Gasteiger partial charge in [0.2, 0.25) is 0 Å². The quantitative estimate of drug-likeness (QED) is 0.414. The summed E-state index contributed by atoms with van der Waals surface area (Å²) >= 11 is 3.57. The molecule has 0 unspecified atom stereocenters. The van der Waals surface area contributed by atoms with E-state index >= 15 is 0 Å². The molecule has 9 heteroatoms. The second kappa shape index (κ2) is 9.76. The number of rotatable bonds is 8. The fourth-order valence-electron chi connectivity index (χ4n) is 2.11. The first-order chi connectivity index (χ1) is 12.0. The minimum absolute atomic E-state index is 0.491. The Kier molecular flexibility index (Phi) is 7.70. The van der Waals surface area contributed by atoms with Crippen LogP contribution >= 0.6 is 23.1 Å². The van der Waals surface area contributed by atoms with Crippen LogP contribution in [0.25, 0.3) is 0 Å². The number of nitrogens with zero attached hydrogens (tertiary/aromatic N) is 5. The van der Waals surface area contributed by atoms with Crippen LogP contribution < -0.4 is 10.6 Å². The Morgan fingerprint density at radius 2 is 2.04 bits per heavy atom. The number of hydrogen-bond donors (Lipinski definition) is 2. The average molecular weight is 382 g/mol. The number of thiazole rings is 1. The van der Waals surface area contributed by atoms with Gasteiger partial charge in [0, 0.05) is 18.5 Å². The van der Waals surface area contributed by atoms with Crippen molar-refractivity contribution in [3.05, 3.63) is 27.2 Å². The molecule has 7 nitrogen and oxygen atoms in total. The molecule has 138 valence electrons. The van der Waals surface area contributed by atoms with Crippen LogP contribution in [0.1, 0.15) is 33.6 Å². The zero-order valence-corrected chi connectivity index (χ0v) is 17.2. The third kappa shape index (κ3) is 6.00. The van der Waals surface area contributed by atoms with Crippen LogP contribution in [0.2, 0.25) is 0 Å². The van der Waals surface area contributed by atoms with E-state index in [2.05, 4.69) is 44.0 Å². The van der Waals surface area contributed by atoms with Gasteiger partial charge >= 0.3 is 0 Å². The van der Waals surface area contributed by atoms with Gasteiger partial charge in [-0.3, -0.25) is 0 Å². The molecule has 0 saturated carbocycles. The maximum Gasteiger partial charge on any atom is 0.192 e. The fraction of sp³-hybridized carbons (Fsp3) is 0.625. The minimum atomic E-state index is 0.491. The first kappa shape index (κ1) is 19.7. The van der Waals surface area contributed by atoms with Crippen molar-refractivity contribution in [1.29, 1.82) is 0 Å². The smallest absolute Gasteiger partial charge is 0.192 e. The van der Waals surface area contributed by atoms with Crippen molar-refractivity contribution in [3.8, 4) is 0 Å². The molecule has 2 N–H and O–H groups in total. The van der Waals surface area contributed by atoms with Crippen LogP contribution in [0.4, 0.5) is 0 Å². The Morgan fingerprint density at radius 3 is 2.64 bits per heavy atom. The third-order valence-corrected chi connectivity index (χ3v) is 5.63. The highest BCUT2D eigenvalue weighted by Crippen LogP contribution is 2.15. The molecule has 0 aliphatic heterocycles. The van der Waals surface area contributed by atoms with E-state index in [0.717, 1.165) is 47.0 Å². The molecule has 0 atom stereocenters. The zero-order chi connectivity index (χ0) is 18.2. The molecule has 0 spiro atoms. The van der Waals surface area contributed by atoms with Gasteiger partial charge in [-0.25, -0.2) is 9.98 Å². The standard InChI is InChI=1S/C16H27N7S2/c1-11-12(2)25-15(20-11)10-19-16(17-7-6-8-24-5)18-9-14-22-21-13(3)23(14)4/h6-10H2,1-5H3,(H2,17,18,19). The predicted octanol–water partition coefficient (Wildman–Crippen LogP) is 2.19. The van der Waals surface area contributed by atoms with Crippen LogP contribution in [0.15, 0.2) is 4.99 Å². The number of aromatic nitrogens is 4. The second-order valence-corrected chi connectivity index (χ2v) is 8.04. The van der Waals surface area contributed by atoms with Gasteiger partial charge in [0.15, 0.2) is 11.8 Å². The summed E-state index contributed by atoms with van der Waals surface area (Å²) in [6, 6.07) is 0. The summed E-state index contributed by atoms with van der Waals surface area (Å²) < 4.78 is 1.96. The van der Waals surface area contributed by atoms with Crippen molar-refractivity contribution < 1.29 is 0 Å². The summed E-state index contributed by atoms with van der Waals surface area (Å²) in [5, 5.41) is 16.1. The lowest BCUT2D eigenvalue weighted by Crippen LogP contribution is -2.37. The van der Waals surface area contributed by atoms with Gasteiger partial charge in [-0.2, -0.15) is 11.8 Å². The van der Waals surface area contributed by atoms with E-state index < -0.39 is 0 Å². The lowest BCUT2D eigenvalue weighted by atomic mass is 10.4. The molecule has 0 amide bonds. The lowest BCUT2D eigenvalue weighted by Gasteiger charge is -2.11. The van der Waals surface area contributed by atoms with E-state index in [4.69, 9.17) is 0 Å². The topological polar surface area (TPSA) is 80.0 Å². The maximum absolute atomic E-state index is 4.65. The number of thioether (sulfide) groups is 1. The van der Waals surface area contributed by atoms with E-state index in [1.165, 1.54) is 4.88 Å². The Hall–Kier alpha value is -1.61. The Balaban J connectivity index is 1.98. The number of aliphatic imine (C=N–C) groups is 1. The highest BCUT2D eigenvalue weighted by Gasteiger charge is 2.07. The predicted molar refractivity (Wildman–Crippen MR) is 106 cm³/mol. The summed E-state index contributed by atoms with van der Waals surface area (Å²) in [6.07, 6.45) is 3.22. The molecular weight excluding hydrogens is 354 g/mol. The van der Waals surface area contributed by atoms with E-state index in [9.17, 15) is 0 Å².